The van der Waals surface area contributed by atoms with Crippen molar-refractivity contribution in [3.8, 4) is 11.5 Å². The van der Waals surface area contributed by atoms with Crippen molar-refractivity contribution in [1.82, 2.24) is 0 Å². The molecule has 3 rings (SSSR count). The molecule has 0 aromatic heterocycles. The summed E-state index contributed by atoms with van der Waals surface area (Å²) in [5.74, 6) is 2.21. The SMILES string of the molecule is COc1cccc([S+]([O-])CCCCOc2ccc3c(c2)CCC(=O)N3)c1. The maximum absolute atomic E-state index is 12.3. The molecular weight excluding hydrogens is 350 g/mol. The van der Waals surface area contributed by atoms with Gasteiger partial charge < -0.3 is 19.3 Å². The third kappa shape index (κ3) is 4.93. The molecule has 0 spiro atoms. The second-order valence-corrected chi connectivity index (χ2v) is 7.72. The van der Waals surface area contributed by atoms with Gasteiger partial charge in [0.05, 0.1) is 13.7 Å². The third-order valence-electron chi connectivity index (χ3n) is 4.27. The topological polar surface area (TPSA) is 70.6 Å². The summed E-state index contributed by atoms with van der Waals surface area (Å²) >= 11 is -1.02. The number of fused-ring (bicyclic) bond motifs is 1. The highest BCUT2D eigenvalue weighted by Gasteiger charge is 2.15. The lowest BCUT2D eigenvalue weighted by molar-refractivity contribution is -0.116. The van der Waals surface area contributed by atoms with Crippen LogP contribution in [-0.4, -0.2) is 29.9 Å². The molecule has 1 aliphatic heterocycles. The van der Waals surface area contributed by atoms with Crippen LogP contribution < -0.4 is 14.8 Å². The fourth-order valence-corrected chi connectivity index (χ4v) is 4.02. The monoisotopic (exact) mass is 373 g/mol. The van der Waals surface area contributed by atoms with Gasteiger partial charge in [0, 0.05) is 18.2 Å². The first-order valence-corrected chi connectivity index (χ1v) is 10.1. The lowest BCUT2D eigenvalue weighted by atomic mass is 10.0. The number of hydrogen-bond donors (Lipinski definition) is 1. The second kappa shape index (κ2) is 8.96. The summed E-state index contributed by atoms with van der Waals surface area (Å²) in [4.78, 5) is 12.2. The molecule has 0 bridgehead atoms. The van der Waals surface area contributed by atoms with Crippen molar-refractivity contribution < 1.29 is 18.8 Å². The Hall–Kier alpha value is -2.18. The van der Waals surface area contributed by atoms with E-state index >= 15 is 0 Å². The first kappa shape index (κ1) is 18.6. The van der Waals surface area contributed by atoms with Gasteiger partial charge >= 0.3 is 0 Å². The molecule has 1 amide bonds. The van der Waals surface area contributed by atoms with Gasteiger partial charge in [0.2, 0.25) is 5.91 Å². The molecular formula is C20H23NO4S. The van der Waals surface area contributed by atoms with Crippen LogP contribution in [0.3, 0.4) is 0 Å². The van der Waals surface area contributed by atoms with Crippen LogP contribution in [0.25, 0.3) is 0 Å². The van der Waals surface area contributed by atoms with Crippen molar-refractivity contribution >= 4 is 22.8 Å². The zero-order valence-corrected chi connectivity index (χ0v) is 15.6. The maximum Gasteiger partial charge on any atom is 0.224 e. The lowest BCUT2D eigenvalue weighted by Gasteiger charge is -2.17. The summed E-state index contributed by atoms with van der Waals surface area (Å²) < 4.78 is 23.3. The lowest BCUT2D eigenvalue weighted by Crippen LogP contribution is -2.18. The van der Waals surface area contributed by atoms with Crippen LogP contribution in [0, 0.1) is 0 Å². The zero-order chi connectivity index (χ0) is 18.4. The normalized spacial score (nSPS) is 14.3. The standard InChI is InChI=1S/C20H23NO4S/c1-24-16-5-4-6-18(14-16)26(23)12-3-2-11-25-17-8-9-19-15(13-17)7-10-20(22)21-19/h4-6,8-9,13-14H,2-3,7,10-12H2,1H3,(H,21,22). The van der Waals surface area contributed by atoms with Gasteiger partial charge in [-0.05, 0) is 66.3 Å². The number of amides is 1. The van der Waals surface area contributed by atoms with E-state index in [1.54, 1.807) is 7.11 Å². The van der Waals surface area contributed by atoms with Crippen molar-refractivity contribution in [2.75, 3.05) is 24.8 Å². The number of carbonyl (C=O) groups is 1. The minimum Gasteiger partial charge on any atom is -0.611 e. The van der Waals surface area contributed by atoms with Crippen LogP contribution in [0.1, 0.15) is 24.8 Å². The number of nitrogens with one attached hydrogen (secondary N) is 1. The Morgan fingerprint density at radius 2 is 2.00 bits per heavy atom. The predicted octanol–water partition coefficient (Wildman–Crippen LogP) is 3.55. The number of rotatable bonds is 8. The van der Waals surface area contributed by atoms with E-state index in [-0.39, 0.29) is 5.91 Å². The summed E-state index contributed by atoms with van der Waals surface area (Å²) in [7, 11) is 1.61. The molecule has 1 atom stereocenters. The Morgan fingerprint density at radius 3 is 2.85 bits per heavy atom. The quantitative estimate of drug-likeness (QED) is 0.567. The minimum atomic E-state index is -1.02. The number of anilines is 1. The summed E-state index contributed by atoms with van der Waals surface area (Å²) in [5.41, 5.74) is 1.99. The molecule has 0 aliphatic carbocycles. The van der Waals surface area contributed by atoms with E-state index in [9.17, 15) is 9.35 Å². The van der Waals surface area contributed by atoms with Crippen LogP contribution in [0.2, 0.25) is 0 Å². The van der Waals surface area contributed by atoms with Gasteiger partial charge in [0.15, 0.2) is 4.90 Å². The highest BCUT2D eigenvalue weighted by molar-refractivity contribution is 7.91. The molecule has 2 aromatic carbocycles. The number of hydrogen-bond acceptors (Lipinski definition) is 4. The highest BCUT2D eigenvalue weighted by Crippen LogP contribution is 2.27. The number of aryl methyl sites for hydroxylation is 1. The van der Waals surface area contributed by atoms with Crippen molar-refractivity contribution in [2.24, 2.45) is 0 Å². The fourth-order valence-electron chi connectivity index (χ4n) is 2.84. The van der Waals surface area contributed by atoms with Gasteiger partial charge in [-0.2, -0.15) is 0 Å². The molecule has 26 heavy (non-hydrogen) atoms. The Bertz CT molecular complexity index is 765. The van der Waals surface area contributed by atoms with Crippen LogP contribution in [0.4, 0.5) is 5.69 Å². The summed E-state index contributed by atoms with van der Waals surface area (Å²) in [6.45, 7) is 0.584. The molecule has 1 unspecified atom stereocenters. The number of carbonyl (C=O) groups excluding carboxylic acids is 1. The first-order chi connectivity index (χ1) is 12.7. The largest absolute Gasteiger partial charge is 0.611 e. The summed E-state index contributed by atoms with van der Waals surface area (Å²) in [6.07, 6.45) is 2.93. The fraction of sp³-hybridized carbons (Fsp3) is 0.350. The van der Waals surface area contributed by atoms with E-state index in [1.807, 2.05) is 42.5 Å². The van der Waals surface area contributed by atoms with Crippen LogP contribution in [0.5, 0.6) is 11.5 Å². The molecule has 5 nitrogen and oxygen atoms in total. The van der Waals surface area contributed by atoms with E-state index < -0.39 is 11.2 Å². The smallest absolute Gasteiger partial charge is 0.224 e. The third-order valence-corrected chi connectivity index (χ3v) is 5.71. The van der Waals surface area contributed by atoms with Gasteiger partial charge in [0.1, 0.15) is 17.3 Å². The van der Waals surface area contributed by atoms with E-state index in [1.165, 1.54) is 0 Å². The van der Waals surface area contributed by atoms with E-state index in [2.05, 4.69) is 5.32 Å². The molecule has 1 aliphatic rings. The van der Waals surface area contributed by atoms with Crippen LogP contribution in [-0.2, 0) is 22.4 Å². The molecule has 1 heterocycles. The Balaban J connectivity index is 1.41. The average Bonchev–Trinajstić information content (AvgIpc) is 2.67. The molecule has 138 valence electrons. The van der Waals surface area contributed by atoms with Gasteiger partial charge in [-0.1, -0.05) is 6.07 Å². The highest BCUT2D eigenvalue weighted by atomic mass is 32.2. The van der Waals surface area contributed by atoms with Crippen molar-refractivity contribution in [1.29, 1.82) is 0 Å². The van der Waals surface area contributed by atoms with E-state index in [0.717, 1.165) is 46.9 Å². The number of methoxy groups -OCH3 is 1. The van der Waals surface area contributed by atoms with E-state index in [4.69, 9.17) is 9.47 Å². The zero-order valence-electron chi connectivity index (χ0n) is 14.8. The Kier molecular flexibility index (Phi) is 6.41. The first-order valence-electron chi connectivity index (χ1n) is 8.74. The summed E-state index contributed by atoms with van der Waals surface area (Å²) in [6, 6.07) is 13.1. The molecule has 0 saturated carbocycles. The maximum atomic E-state index is 12.3. The molecule has 0 saturated heterocycles. The molecule has 0 radical (unpaired) electrons. The molecule has 2 aromatic rings. The number of ether oxygens (including phenoxy) is 2. The molecule has 6 heteroatoms. The van der Waals surface area contributed by atoms with Crippen molar-refractivity contribution in [3.05, 3.63) is 48.0 Å². The van der Waals surface area contributed by atoms with Gasteiger partial charge in [-0.3, -0.25) is 4.79 Å². The predicted molar refractivity (Wildman–Crippen MR) is 102 cm³/mol. The van der Waals surface area contributed by atoms with Crippen molar-refractivity contribution in [3.63, 3.8) is 0 Å². The van der Waals surface area contributed by atoms with Crippen molar-refractivity contribution in [2.45, 2.75) is 30.6 Å². The average molecular weight is 373 g/mol. The molecule has 1 N–H and O–H groups in total. The van der Waals surface area contributed by atoms with Crippen LogP contribution in [0.15, 0.2) is 47.4 Å². The second-order valence-electron chi connectivity index (χ2n) is 6.15. The van der Waals surface area contributed by atoms with Crippen LogP contribution >= 0.6 is 0 Å². The summed E-state index contributed by atoms with van der Waals surface area (Å²) in [5, 5.41) is 2.86. The molecule has 0 fully saturated rings. The Morgan fingerprint density at radius 1 is 1.12 bits per heavy atom. The van der Waals surface area contributed by atoms with Gasteiger partial charge in [-0.15, -0.1) is 0 Å². The minimum absolute atomic E-state index is 0.0650. The van der Waals surface area contributed by atoms with E-state index in [0.29, 0.717) is 18.8 Å². The Labute approximate surface area is 156 Å². The number of benzene rings is 2. The number of unbranched alkanes of at least 4 members (excludes halogenated alkanes) is 1. The van der Waals surface area contributed by atoms with Gasteiger partial charge in [0.25, 0.3) is 0 Å². The van der Waals surface area contributed by atoms with Gasteiger partial charge in [-0.25, -0.2) is 0 Å².